The minimum Gasteiger partial charge on any atom is -0.420 e. The summed E-state index contributed by atoms with van der Waals surface area (Å²) < 4.78 is 19.8. The Morgan fingerprint density at radius 3 is 2.48 bits per heavy atom. The van der Waals surface area contributed by atoms with Crippen LogP contribution in [0.15, 0.2) is 57.4 Å². The van der Waals surface area contributed by atoms with Gasteiger partial charge in [0.1, 0.15) is 5.82 Å². The first-order valence-electron chi connectivity index (χ1n) is 9.44. The van der Waals surface area contributed by atoms with Crippen molar-refractivity contribution in [2.24, 2.45) is 0 Å². The molecule has 1 saturated heterocycles. The molecule has 29 heavy (non-hydrogen) atoms. The second-order valence-electron chi connectivity index (χ2n) is 7.06. The van der Waals surface area contributed by atoms with E-state index in [1.54, 1.807) is 12.1 Å². The maximum Gasteiger partial charge on any atom is 0.247 e. The summed E-state index contributed by atoms with van der Waals surface area (Å²) in [5.41, 5.74) is 1.49. The maximum atomic E-state index is 13.1. The molecule has 1 fully saturated rings. The van der Waals surface area contributed by atoms with E-state index in [2.05, 4.69) is 36.3 Å². The molecule has 0 aliphatic carbocycles. The first-order valence-corrected chi connectivity index (χ1v) is 10.2. The van der Waals surface area contributed by atoms with Gasteiger partial charge in [-0.25, -0.2) is 4.39 Å². The van der Waals surface area contributed by atoms with E-state index >= 15 is 0 Å². The number of aromatic nitrogens is 2. The normalized spacial score (nSPS) is 15.4. The molecule has 2 aromatic carbocycles. The second kappa shape index (κ2) is 8.84. The van der Waals surface area contributed by atoms with Crippen molar-refractivity contribution in [2.75, 3.05) is 25.0 Å². The monoisotopic (exact) mass is 458 g/mol. The Labute approximate surface area is 176 Å². The molecule has 6 nitrogen and oxygen atoms in total. The quantitative estimate of drug-likeness (QED) is 0.611. The number of anilines is 1. The highest BCUT2D eigenvalue weighted by molar-refractivity contribution is 9.10. The summed E-state index contributed by atoms with van der Waals surface area (Å²) in [7, 11) is 0. The highest BCUT2D eigenvalue weighted by atomic mass is 79.9. The van der Waals surface area contributed by atoms with Crippen LogP contribution in [0.25, 0.3) is 11.5 Å². The van der Waals surface area contributed by atoms with E-state index in [1.807, 2.05) is 24.3 Å². The lowest BCUT2D eigenvalue weighted by atomic mass is 9.97. The second-order valence-corrected chi connectivity index (χ2v) is 7.97. The lowest BCUT2D eigenvalue weighted by Crippen LogP contribution is -2.38. The third kappa shape index (κ3) is 5.07. The fraction of sp³-hybridized carbons (Fsp3) is 0.286. The van der Waals surface area contributed by atoms with E-state index in [1.165, 1.54) is 12.1 Å². The number of halogens is 2. The van der Waals surface area contributed by atoms with Crippen LogP contribution in [0.1, 0.15) is 24.7 Å². The predicted octanol–water partition coefficient (Wildman–Crippen LogP) is 4.46. The van der Waals surface area contributed by atoms with Gasteiger partial charge in [0.2, 0.25) is 17.7 Å². The number of benzene rings is 2. The lowest BCUT2D eigenvalue weighted by Gasteiger charge is -2.29. The number of likely N-dealkylation sites (tertiary alicyclic amines) is 1. The van der Waals surface area contributed by atoms with Gasteiger partial charge >= 0.3 is 0 Å². The standard InChI is InChI=1S/C21H20BrFN4O2/c22-16-3-7-18(8-4-16)24-19(28)13-27-11-9-15(10-12-27)21-26-25-20(29-21)14-1-5-17(23)6-2-14/h1-8,15H,9-13H2,(H,24,28). The van der Waals surface area contributed by atoms with Crippen LogP contribution < -0.4 is 5.32 Å². The molecular weight excluding hydrogens is 439 g/mol. The number of nitrogens with one attached hydrogen (secondary N) is 1. The van der Waals surface area contributed by atoms with Gasteiger partial charge in [0.15, 0.2) is 0 Å². The van der Waals surface area contributed by atoms with Gasteiger partial charge in [0.25, 0.3) is 0 Å². The van der Waals surface area contributed by atoms with Crippen LogP contribution in [0, 0.1) is 5.82 Å². The Morgan fingerprint density at radius 2 is 1.79 bits per heavy atom. The SMILES string of the molecule is O=C(CN1CCC(c2nnc(-c3ccc(F)cc3)o2)CC1)Nc1ccc(Br)cc1. The number of hydrogen-bond donors (Lipinski definition) is 1. The van der Waals surface area contributed by atoms with Crippen molar-refractivity contribution in [1.82, 2.24) is 15.1 Å². The molecule has 1 amide bonds. The lowest BCUT2D eigenvalue weighted by molar-refractivity contribution is -0.117. The zero-order valence-corrected chi connectivity index (χ0v) is 17.2. The number of nitrogens with zero attached hydrogens (tertiary/aromatic N) is 3. The molecule has 1 aliphatic heterocycles. The van der Waals surface area contributed by atoms with Gasteiger partial charge in [-0.3, -0.25) is 9.69 Å². The summed E-state index contributed by atoms with van der Waals surface area (Å²) in [6.07, 6.45) is 1.69. The molecule has 3 aromatic rings. The number of hydrogen-bond acceptors (Lipinski definition) is 5. The van der Waals surface area contributed by atoms with Crippen molar-refractivity contribution in [3.8, 4) is 11.5 Å². The Balaban J connectivity index is 1.28. The number of amides is 1. The Hall–Kier alpha value is -2.58. The summed E-state index contributed by atoms with van der Waals surface area (Å²) in [6, 6.07) is 13.5. The number of piperidine rings is 1. The Morgan fingerprint density at radius 1 is 1.10 bits per heavy atom. The van der Waals surface area contributed by atoms with E-state index < -0.39 is 0 Å². The Kier molecular flexibility index (Phi) is 6.01. The van der Waals surface area contributed by atoms with Crippen molar-refractivity contribution < 1.29 is 13.6 Å². The summed E-state index contributed by atoms with van der Waals surface area (Å²) in [5.74, 6) is 0.842. The van der Waals surface area contributed by atoms with Crippen LogP contribution in [-0.4, -0.2) is 40.6 Å². The predicted molar refractivity (Wildman–Crippen MR) is 111 cm³/mol. The zero-order valence-electron chi connectivity index (χ0n) is 15.6. The molecule has 1 aromatic heterocycles. The van der Waals surface area contributed by atoms with E-state index in [0.29, 0.717) is 23.9 Å². The molecule has 0 unspecified atom stereocenters. The smallest absolute Gasteiger partial charge is 0.247 e. The van der Waals surface area contributed by atoms with Gasteiger partial charge in [-0.1, -0.05) is 15.9 Å². The van der Waals surface area contributed by atoms with Gasteiger partial charge in [-0.05, 0) is 74.5 Å². The molecule has 2 heterocycles. The van der Waals surface area contributed by atoms with E-state index in [-0.39, 0.29) is 17.6 Å². The van der Waals surface area contributed by atoms with E-state index in [9.17, 15) is 9.18 Å². The van der Waals surface area contributed by atoms with Crippen LogP contribution in [0.5, 0.6) is 0 Å². The Bertz CT molecular complexity index is 967. The summed E-state index contributed by atoms with van der Waals surface area (Å²) in [4.78, 5) is 14.4. The van der Waals surface area contributed by atoms with Crippen LogP contribution >= 0.6 is 15.9 Å². The minimum absolute atomic E-state index is 0.0258. The van der Waals surface area contributed by atoms with Gasteiger partial charge < -0.3 is 9.73 Å². The molecule has 0 bridgehead atoms. The molecule has 1 aliphatic rings. The molecule has 0 spiro atoms. The van der Waals surface area contributed by atoms with Crippen LogP contribution in [0.2, 0.25) is 0 Å². The highest BCUT2D eigenvalue weighted by Crippen LogP contribution is 2.29. The maximum absolute atomic E-state index is 13.1. The van der Waals surface area contributed by atoms with E-state index in [4.69, 9.17) is 4.42 Å². The molecule has 0 radical (unpaired) electrons. The van der Waals surface area contributed by atoms with Crippen LogP contribution in [0.3, 0.4) is 0 Å². The fourth-order valence-electron chi connectivity index (χ4n) is 3.38. The first kappa shape index (κ1) is 19.7. The third-order valence-corrected chi connectivity index (χ3v) is 5.49. The molecule has 0 saturated carbocycles. The largest absolute Gasteiger partial charge is 0.420 e. The van der Waals surface area contributed by atoms with Gasteiger partial charge in [-0.15, -0.1) is 10.2 Å². The zero-order chi connectivity index (χ0) is 20.2. The average molecular weight is 459 g/mol. The van der Waals surface area contributed by atoms with Crippen molar-refractivity contribution in [3.05, 3.63) is 64.7 Å². The first-order chi connectivity index (χ1) is 14.1. The molecule has 150 valence electrons. The molecule has 8 heteroatoms. The fourth-order valence-corrected chi connectivity index (χ4v) is 3.65. The average Bonchev–Trinajstić information content (AvgIpc) is 3.21. The number of carbonyl (C=O) groups is 1. The van der Waals surface area contributed by atoms with E-state index in [0.717, 1.165) is 36.1 Å². The van der Waals surface area contributed by atoms with Gasteiger partial charge in [0, 0.05) is 21.6 Å². The van der Waals surface area contributed by atoms with Crippen LogP contribution in [-0.2, 0) is 4.79 Å². The third-order valence-electron chi connectivity index (χ3n) is 4.96. The molecule has 4 rings (SSSR count). The number of carbonyl (C=O) groups excluding carboxylic acids is 1. The molecule has 1 N–H and O–H groups in total. The minimum atomic E-state index is -0.301. The highest BCUT2D eigenvalue weighted by Gasteiger charge is 2.26. The van der Waals surface area contributed by atoms with Crippen molar-refractivity contribution in [1.29, 1.82) is 0 Å². The summed E-state index contributed by atoms with van der Waals surface area (Å²) in [5, 5.41) is 11.2. The molecular formula is C21H20BrFN4O2. The topological polar surface area (TPSA) is 71.3 Å². The van der Waals surface area contributed by atoms with Crippen molar-refractivity contribution in [2.45, 2.75) is 18.8 Å². The summed E-state index contributed by atoms with van der Waals surface area (Å²) >= 11 is 3.38. The van der Waals surface area contributed by atoms with Crippen LogP contribution in [0.4, 0.5) is 10.1 Å². The van der Waals surface area contributed by atoms with Gasteiger partial charge in [0.05, 0.1) is 6.54 Å². The number of rotatable bonds is 5. The van der Waals surface area contributed by atoms with Gasteiger partial charge in [-0.2, -0.15) is 0 Å². The molecule has 0 atom stereocenters. The summed E-state index contributed by atoms with van der Waals surface area (Å²) in [6.45, 7) is 1.92. The van der Waals surface area contributed by atoms with Crippen molar-refractivity contribution >= 4 is 27.5 Å². The van der Waals surface area contributed by atoms with Crippen molar-refractivity contribution in [3.63, 3.8) is 0 Å².